The molecule has 0 bridgehead atoms. The Hall–Kier alpha value is -2.03. The van der Waals surface area contributed by atoms with Crippen LogP contribution in [0, 0.1) is 34.6 Å². The smallest absolute Gasteiger partial charge is 0.224 e. The normalized spacial score (nSPS) is 11.0. The minimum Gasteiger partial charge on any atom is -0.438 e. The second kappa shape index (κ2) is 7.69. The van der Waals surface area contributed by atoms with Crippen molar-refractivity contribution in [2.75, 3.05) is 5.32 Å². The fraction of sp³-hybridized carbons (Fsp3) is 0.476. The Morgan fingerprint density at radius 2 is 1.54 bits per heavy atom. The molecular formula is C21H30N2O. The highest BCUT2D eigenvalue weighted by Crippen LogP contribution is 2.34. The van der Waals surface area contributed by atoms with E-state index >= 15 is 0 Å². The molecule has 0 aliphatic heterocycles. The Labute approximate surface area is 146 Å². The Morgan fingerprint density at radius 3 is 2.08 bits per heavy atom. The van der Waals surface area contributed by atoms with Crippen LogP contribution in [0.3, 0.4) is 0 Å². The summed E-state index contributed by atoms with van der Waals surface area (Å²) in [7, 11) is 0. The Bertz CT molecular complexity index is 695. The summed E-state index contributed by atoms with van der Waals surface area (Å²) in [6.45, 7) is 14.9. The van der Waals surface area contributed by atoms with Gasteiger partial charge in [-0.3, -0.25) is 0 Å². The third kappa shape index (κ3) is 3.89. The van der Waals surface area contributed by atoms with E-state index in [1.165, 1.54) is 5.56 Å². The van der Waals surface area contributed by atoms with Crippen LogP contribution in [0.15, 0.2) is 18.3 Å². The van der Waals surface area contributed by atoms with Gasteiger partial charge in [0.25, 0.3) is 0 Å². The van der Waals surface area contributed by atoms with Crippen molar-refractivity contribution in [3.05, 3.63) is 46.1 Å². The summed E-state index contributed by atoms with van der Waals surface area (Å²) in [5.74, 6) is 1.60. The van der Waals surface area contributed by atoms with E-state index < -0.39 is 0 Å². The molecule has 1 N–H and O–H groups in total. The van der Waals surface area contributed by atoms with Crippen molar-refractivity contribution in [2.45, 2.75) is 67.3 Å². The van der Waals surface area contributed by atoms with Gasteiger partial charge in [-0.25, -0.2) is 4.98 Å². The number of benzene rings is 1. The molecule has 3 nitrogen and oxygen atoms in total. The van der Waals surface area contributed by atoms with E-state index in [2.05, 4.69) is 70.9 Å². The minimum absolute atomic E-state index is 0.473. The second-order valence-corrected chi connectivity index (χ2v) is 6.73. The zero-order chi connectivity index (χ0) is 17.9. The molecular weight excluding hydrogens is 296 g/mol. The molecule has 1 aromatic carbocycles. The number of hydrogen-bond acceptors (Lipinski definition) is 3. The number of aryl methyl sites for hydroxylation is 4. The second-order valence-electron chi connectivity index (χ2n) is 6.73. The van der Waals surface area contributed by atoms with Gasteiger partial charge in [0, 0.05) is 23.5 Å². The lowest BCUT2D eigenvalue weighted by Crippen LogP contribution is -2.18. The van der Waals surface area contributed by atoms with Crippen LogP contribution < -0.4 is 10.1 Å². The molecule has 2 aromatic rings. The van der Waals surface area contributed by atoms with Crippen LogP contribution in [-0.4, -0.2) is 11.0 Å². The molecule has 2 rings (SSSR count). The van der Waals surface area contributed by atoms with Crippen LogP contribution in [0.2, 0.25) is 0 Å². The summed E-state index contributed by atoms with van der Waals surface area (Å²) < 4.78 is 6.22. The van der Waals surface area contributed by atoms with Crippen molar-refractivity contribution in [3.63, 3.8) is 0 Å². The Balaban J connectivity index is 2.39. The number of aromatic nitrogens is 1. The first-order valence-corrected chi connectivity index (χ1v) is 8.85. The molecule has 1 heterocycles. The predicted molar refractivity (Wildman–Crippen MR) is 102 cm³/mol. The van der Waals surface area contributed by atoms with Gasteiger partial charge < -0.3 is 10.1 Å². The van der Waals surface area contributed by atoms with Crippen LogP contribution >= 0.6 is 0 Å². The molecule has 0 spiro atoms. The summed E-state index contributed by atoms with van der Waals surface area (Å²) in [5, 5.41) is 3.66. The molecule has 0 fully saturated rings. The summed E-state index contributed by atoms with van der Waals surface area (Å²) in [6, 6.07) is 4.77. The van der Waals surface area contributed by atoms with Gasteiger partial charge >= 0.3 is 0 Å². The van der Waals surface area contributed by atoms with E-state index in [-0.39, 0.29) is 0 Å². The number of nitrogens with one attached hydrogen (secondary N) is 1. The molecule has 0 amide bonds. The lowest BCUT2D eigenvalue weighted by Gasteiger charge is -2.21. The maximum Gasteiger partial charge on any atom is 0.224 e. The SMILES string of the molecule is CCC(CC)Nc1c(C)cnc(Oc2c(C)cc(C)cc2C)c1C. The quantitative estimate of drug-likeness (QED) is 0.705. The van der Waals surface area contributed by atoms with Gasteiger partial charge in [0.1, 0.15) is 5.75 Å². The zero-order valence-electron chi connectivity index (χ0n) is 16.1. The van der Waals surface area contributed by atoms with Gasteiger partial charge in [-0.1, -0.05) is 31.5 Å². The van der Waals surface area contributed by atoms with E-state index in [0.717, 1.165) is 46.5 Å². The summed E-state index contributed by atoms with van der Waals surface area (Å²) in [4.78, 5) is 4.54. The summed E-state index contributed by atoms with van der Waals surface area (Å²) in [6.07, 6.45) is 4.10. The summed E-state index contributed by atoms with van der Waals surface area (Å²) in [5.41, 5.74) is 6.91. The number of ether oxygens (including phenoxy) is 1. The third-order valence-corrected chi connectivity index (χ3v) is 4.60. The molecule has 0 aliphatic carbocycles. The molecule has 24 heavy (non-hydrogen) atoms. The van der Waals surface area contributed by atoms with Crippen molar-refractivity contribution in [1.82, 2.24) is 4.98 Å². The Kier molecular flexibility index (Phi) is 5.87. The van der Waals surface area contributed by atoms with Gasteiger partial charge in [-0.15, -0.1) is 0 Å². The Morgan fingerprint density at radius 1 is 0.958 bits per heavy atom. The molecule has 0 saturated carbocycles. The highest BCUT2D eigenvalue weighted by atomic mass is 16.5. The number of anilines is 1. The predicted octanol–water partition coefficient (Wildman–Crippen LogP) is 6.02. The number of pyridine rings is 1. The molecule has 130 valence electrons. The van der Waals surface area contributed by atoms with Crippen LogP contribution in [0.4, 0.5) is 5.69 Å². The van der Waals surface area contributed by atoms with Crippen LogP contribution in [0.5, 0.6) is 11.6 Å². The van der Waals surface area contributed by atoms with Crippen molar-refractivity contribution < 1.29 is 4.74 Å². The first-order valence-electron chi connectivity index (χ1n) is 8.85. The molecule has 0 aliphatic rings. The molecule has 0 unspecified atom stereocenters. The van der Waals surface area contributed by atoms with Crippen LogP contribution in [0.1, 0.15) is 54.5 Å². The van der Waals surface area contributed by atoms with Gasteiger partial charge in [0.15, 0.2) is 0 Å². The average molecular weight is 326 g/mol. The minimum atomic E-state index is 0.473. The summed E-state index contributed by atoms with van der Waals surface area (Å²) >= 11 is 0. The van der Waals surface area contributed by atoms with Crippen molar-refractivity contribution in [3.8, 4) is 11.6 Å². The van der Waals surface area contributed by atoms with Crippen molar-refractivity contribution >= 4 is 5.69 Å². The van der Waals surface area contributed by atoms with E-state index in [4.69, 9.17) is 4.74 Å². The number of hydrogen-bond donors (Lipinski definition) is 1. The van der Waals surface area contributed by atoms with E-state index in [1.807, 2.05) is 6.20 Å². The topological polar surface area (TPSA) is 34.2 Å². The first-order chi connectivity index (χ1) is 11.4. The number of nitrogens with zero attached hydrogens (tertiary/aromatic N) is 1. The third-order valence-electron chi connectivity index (χ3n) is 4.60. The highest BCUT2D eigenvalue weighted by molar-refractivity contribution is 5.60. The van der Waals surface area contributed by atoms with E-state index in [9.17, 15) is 0 Å². The highest BCUT2D eigenvalue weighted by Gasteiger charge is 2.15. The van der Waals surface area contributed by atoms with Gasteiger partial charge in [-0.2, -0.15) is 0 Å². The van der Waals surface area contributed by atoms with Crippen LogP contribution in [-0.2, 0) is 0 Å². The fourth-order valence-electron chi connectivity index (χ4n) is 3.17. The fourth-order valence-corrected chi connectivity index (χ4v) is 3.17. The lowest BCUT2D eigenvalue weighted by atomic mass is 10.1. The maximum atomic E-state index is 6.22. The van der Waals surface area contributed by atoms with Gasteiger partial charge in [0.2, 0.25) is 5.88 Å². The monoisotopic (exact) mass is 326 g/mol. The molecule has 0 radical (unpaired) electrons. The van der Waals surface area contributed by atoms with E-state index in [0.29, 0.717) is 11.9 Å². The van der Waals surface area contributed by atoms with Crippen LogP contribution in [0.25, 0.3) is 0 Å². The standard InChI is InChI=1S/C21H30N2O/c1-8-18(9-2)23-19-16(6)12-22-21(17(19)7)24-20-14(4)10-13(3)11-15(20)5/h10-12,18H,8-9H2,1-7H3,(H,22,23). The van der Waals surface area contributed by atoms with Gasteiger partial charge in [-0.05, 0) is 64.2 Å². The molecule has 0 saturated heterocycles. The molecule has 0 atom stereocenters. The molecule has 1 aromatic heterocycles. The van der Waals surface area contributed by atoms with Gasteiger partial charge in [0.05, 0.1) is 0 Å². The lowest BCUT2D eigenvalue weighted by molar-refractivity contribution is 0.452. The molecule has 3 heteroatoms. The average Bonchev–Trinajstić information content (AvgIpc) is 2.53. The van der Waals surface area contributed by atoms with Crippen molar-refractivity contribution in [1.29, 1.82) is 0 Å². The zero-order valence-corrected chi connectivity index (χ0v) is 16.1. The first kappa shape index (κ1) is 18.3. The van der Waals surface area contributed by atoms with Crippen molar-refractivity contribution in [2.24, 2.45) is 0 Å². The maximum absolute atomic E-state index is 6.22. The van der Waals surface area contributed by atoms with E-state index in [1.54, 1.807) is 0 Å². The number of rotatable bonds is 6. The largest absolute Gasteiger partial charge is 0.438 e.